The van der Waals surface area contributed by atoms with E-state index in [1.165, 1.54) is 0 Å². The molecular formula is C30H50O4. The van der Waals surface area contributed by atoms with E-state index >= 15 is 0 Å². The molecule has 4 fully saturated rings. The van der Waals surface area contributed by atoms with Crippen molar-refractivity contribution >= 4 is 5.78 Å². The summed E-state index contributed by atoms with van der Waals surface area (Å²) in [6, 6.07) is 0. The molecule has 0 amide bonds. The van der Waals surface area contributed by atoms with Gasteiger partial charge in [0.15, 0.2) is 0 Å². The molecule has 0 aliphatic heterocycles. The Hall–Kier alpha value is -0.710. The van der Waals surface area contributed by atoms with Crippen LogP contribution in [0.1, 0.15) is 107 Å². The third-order valence-electron chi connectivity index (χ3n) is 12.0. The minimum atomic E-state index is -0.922. The summed E-state index contributed by atoms with van der Waals surface area (Å²) in [5.74, 6) is 1.28. The second kappa shape index (κ2) is 7.89. The van der Waals surface area contributed by atoms with Gasteiger partial charge in [0.25, 0.3) is 0 Å². The highest BCUT2D eigenvalue weighted by atomic mass is 16.3. The Balaban J connectivity index is 1.66. The number of rotatable bonds is 4. The van der Waals surface area contributed by atoms with Crippen LogP contribution in [0.15, 0.2) is 12.2 Å². The smallest absolute Gasteiger partial charge is 0.138 e. The Kier molecular flexibility index (Phi) is 6.12. The molecule has 0 aromatic heterocycles. The molecule has 0 heterocycles. The molecule has 0 bridgehead atoms. The van der Waals surface area contributed by atoms with Gasteiger partial charge in [-0.15, -0.1) is 0 Å². The molecular weight excluding hydrogens is 424 g/mol. The van der Waals surface area contributed by atoms with Crippen LogP contribution in [0, 0.1) is 45.3 Å². The van der Waals surface area contributed by atoms with Crippen molar-refractivity contribution in [3.05, 3.63) is 12.2 Å². The monoisotopic (exact) mass is 474 g/mol. The van der Waals surface area contributed by atoms with Gasteiger partial charge >= 0.3 is 0 Å². The van der Waals surface area contributed by atoms with E-state index in [0.29, 0.717) is 30.5 Å². The van der Waals surface area contributed by atoms with Crippen LogP contribution in [0.5, 0.6) is 0 Å². The normalized spacial score (nSPS) is 48.2. The van der Waals surface area contributed by atoms with Crippen molar-refractivity contribution in [1.29, 1.82) is 0 Å². The lowest BCUT2D eigenvalue weighted by atomic mass is 9.35. The third-order valence-corrected chi connectivity index (χ3v) is 12.0. The van der Waals surface area contributed by atoms with E-state index in [-0.39, 0.29) is 33.5 Å². The minimum Gasteiger partial charge on any atom is -0.393 e. The first-order valence-electron chi connectivity index (χ1n) is 13.7. The Morgan fingerprint density at radius 1 is 0.941 bits per heavy atom. The average molecular weight is 475 g/mol. The molecule has 4 rings (SSSR count). The first-order valence-corrected chi connectivity index (χ1v) is 13.7. The lowest BCUT2D eigenvalue weighted by Crippen LogP contribution is -2.66. The summed E-state index contributed by atoms with van der Waals surface area (Å²) in [4.78, 5) is 12.9. The van der Waals surface area contributed by atoms with Gasteiger partial charge in [-0.05, 0) is 106 Å². The van der Waals surface area contributed by atoms with E-state index in [4.69, 9.17) is 0 Å². The van der Waals surface area contributed by atoms with Crippen molar-refractivity contribution in [2.45, 2.75) is 124 Å². The highest BCUT2D eigenvalue weighted by Crippen LogP contribution is 2.75. The predicted octanol–water partition coefficient (Wildman–Crippen LogP) is 5.68. The number of aliphatic hydroxyl groups excluding tert-OH is 1. The van der Waals surface area contributed by atoms with Crippen LogP contribution in [-0.4, -0.2) is 38.4 Å². The number of carbonyl (C=O) groups is 1. The minimum absolute atomic E-state index is 0.0339. The molecule has 5 unspecified atom stereocenters. The zero-order chi connectivity index (χ0) is 25.5. The lowest BCUT2D eigenvalue weighted by molar-refractivity contribution is -0.232. The van der Waals surface area contributed by atoms with E-state index in [0.717, 1.165) is 38.5 Å². The van der Waals surface area contributed by atoms with E-state index in [9.17, 15) is 20.1 Å². The van der Waals surface area contributed by atoms with E-state index in [1.54, 1.807) is 19.9 Å². The van der Waals surface area contributed by atoms with Crippen LogP contribution in [0.25, 0.3) is 0 Å². The number of carbonyl (C=O) groups excluding carboxylic acids is 1. The van der Waals surface area contributed by atoms with Gasteiger partial charge in [-0.3, -0.25) is 4.79 Å². The molecule has 4 aliphatic rings. The lowest BCUT2D eigenvalue weighted by Gasteiger charge is -2.69. The van der Waals surface area contributed by atoms with Gasteiger partial charge in [0, 0.05) is 11.8 Å². The molecule has 34 heavy (non-hydrogen) atoms. The fraction of sp³-hybridized carbons (Fsp3) is 0.900. The van der Waals surface area contributed by atoms with Crippen molar-refractivity contribution in [2.75, 3.05) is 0 Å². The number of aliphatic hydroxyl groups is 3. The van der Waals surface area contributed by atoms with Crippen LogP contribution in [0.2, 0.25) is 0 Å². The highest BCUT2D eigenvalue weighted by Gasteiger charge is 2.71. The SMILES string of the molecule is CC(C)(O)/C=C/CC(C)(O)C1CC[C@]2(C)C1[C@H](O)CC1[C@@]3(C)CCC(=O)C(C)(C)C3CC[C@]12C. The molecule has 4 nitrogen and oxygen atoms in total. The van der Waals surface area contributed by atoms with Crippen LogP contribution in [0.3, 0.4) is 0 Å². The van der Waals surface area contributed by atoms with Gasteiger partial charge in [-0.2, -0.15) is 0 Å². The Morgan fingerprint density at radius 2 is 1.56 bits per heavy atom. The third kappa shape index (κ3) is 3.68. The van der Waals surface area contributed by atoms with E-state index < -0.39 is 17.3 Å². The topological polar surface area (TPSA) is 77.8 Å². The molecule has 0 saturated heterocycles. The van der Waals surface area contributed by atoms with Gasteiger partial charge in [-0.1, -0.05) is 46.8 Å². The number of hydrogen-bond donors (Lipinski definition) is 3. The summed E-state index contributed by atoms with van der Waals surface area (Å²) in [6.45, 7) is 17.0. The standard InChI is InChI=1S/C30H50O4/c1-25(2,33)13-9-14-30(8,34)19-10-16-29(7)24(19)20(31)18-22-27(5)15-12-23(32)26(3,4)21(27)11-17-28(22,29)6/h9,13,19-22,24,31,33-34H,10-12,14-18H2,1-8H3/b13-9+/t19?,20-,21?,22?,24?,27+,28-,29-,30?/m1/s1. The van der Waals surface area contributed by atoms with E-state index in [1.807, 2.05) is 13.0 Å². The summed E-state index contributed by atoms with van der Waals surface area (Å²) in [5, 5.41) is 33.4. The number of ketones is 1. The van der Waals surface area contributed by atoms with Crippen molar-refractivity contribution in [1.82, 2.24) is 0 Å². The Labute approximate surface area is 207 Å². The Bertz CT molecular complexity index is 850. The van der Waals surface area contributed by atoms with Crippen LogP contribution in [0.4, 0.5) is 0 Å². The van der Waals surface area contributed by atoms with Gasteiger partial charge in [-0.25, -0.2) is 0 Å². The predicted molar refractivity (Wildman–Crippen MR) is 136 cm³/mol. The fourth-order valence-electron chi connectivity index (χ4n) is 9.99. The Morgan fingerprint density at radius 3 is 2.18 bits per heavy atom. The van der Waals surface area contributed by atoms with Crippen molar-refractivity contribution < 1.29 is 20.1 Å². The quantitative estimate of drug-likeness (QED) is 0.458. The molecule has 3 N–H and O–H groups in total. The summed E-state index contributed by atoms with van der Waals surface area (Å²) in [7, 11) is 0. The number of hydrogen-bond acceptors (Lipinski definition) is 4. The second-order valence-electron chi connectivity index (χ2n) is 14.7. The molecule has 9 atom stereocenters. The zero-order valence-corrected chi connectivity index (χ0v) is 22.9. The maximum atomic E-state index is 12.9. The first kappa shape index (κ1) is 26.4. The number of Topliss-reactive ketones (excluding diaryl/α,β-unsaturated/α-hetero) is 1. The van der Waals surface area contributed by atoms with Crippen molar-refractivity contribution in [3.63, 3.8) is 0 Å². The summed E-state index contributed by atoms with van der Waals surface area (Å²) < 4.78 is 0. The maximum absolute atomic E-state index is 12.9. The molecule has 0 aromatic rings. The van der Waals surface area contributed by atoms with Gasteiger partial charge in [0.2, 0.25) is 0 Å². The maximum Gasteiger partial charge on any atom is 0.138 e. The summed E-state index contributed by atoms with van der Waals surface area (Å²) in [6.07, 6.45) is 10.2. The van der Waals surface area contributed by atoms with Crippen LogP contribution in [-0.2, 0) is 4.79 Å². The van der Waals surface area contributed by atoms with Crippen molar-refractivity contribution in [2.24, 2.45) is 45.3 Å². The molecule has 0 aromatic carbocycles. The van der Waals surface area contributed by atoms with E-state index in [2.05, 4.69) is 34.6 Å². The summed E-state index contributed by atoms with van der Waals surface area (Å²) >= 11 is 0. The molecule has 4 saturated carbocycles. The summed E-state index contributed by atoms with van der Waals surface area (Å²) in [5.41, 5.74) is -1.99. The number of fused-ring (bicyclic) bond motifs is 5. The van der Waals surface area contributed by atoms with Crippen LogP contribution >= 0.6 is 0 Å². The molecule has 194 valence electrons. The average Bonchev–Trinajstić information content (AvgIpc) is 3.07. The largest absolute Gasteiger partial charge is 0.393 e. The fourth-order valence-corrected chi connectivity index (χ4v) is 9.99. The molecule has 4 aliphatic carbocycles. The first-order chi connectivity index (χ1) is 15.4. The zero-order valence-electron chi connectivity index (χ0n) is 22.9. The highest BCUT2D eigenvalue weighted by molar-refractivity contribution is 5.85. The van der Waals surface area contributed by atoms with Gasteiger partial charge in [0.05, 0.1) is 17.3 Å². The molecule has 0 radical (unpaired) electrons. The second-order valence-corrected chi connectivity index (χ2v) is 14.7. The van der Waals surface area contributed by atoms with Crippen LogP contribution < -0.4 is 0 Å². The molecule has 0 spiro atoms. The van der Waals surface area contributed by atoms with Crippen molar-refractivity contribution in [3.8, 4) is 0 Å². The molecule has 4 heteroatoms. The van der Waals surface area contributed by atoms with Gasteiger partial charge in [0.1, 0.15) is 5.78 Å². The van der Waals surface area contributed by atoms with Gasteiger partial charge < -0.3 is 15.3 Å².